The summed E-state index contributed by atoms with van der Waals surface area (Å²) in [5.74, 6) is 0.206. The Bertz CT molecular complexity index is 460. The van der Waals surface area contributed by atoms with E-state index in [-0.39, 0.29) is 17.9 Å². The molecule has 0 radical (unpaired) electrons. The van der Waals surface area contributed by atoms with Crippen LogP contribution in [-0.4, -0.2) is 16.9 Å². The second-order valence-electron chi connectivity index (χ2n) is 5.86. The Hall–Kier alpha value is -1.09. The molecule has 0 aromatic carbocycles. The third-order valence-electron chi connectivity index (χ3n) is 3.55. The first kappa shape index (κ1) is 18.0. The van der Waals surface area contributed by atoms with Gasteiger partial charge in [-0.25, -0.2) is 4.98 Å². The summed E-state index contributed by atoms with van der Waals surface area (Å²) in [6.07, 6.45) is 5.41. The van der Waals surface area contributed by atoms with E-state index >= 15 is 0 Å². The van der Waals surface area contributed by atoms with Gasteiger partial charge in [-0.2, -0.15) is 0 Å². The minimum Gasteiger partial charge on any atom is -0.349 e. The fraction of sp³-hybridized carbons (Fsp3) is 0.647. The zero-order valence-corrected chi connectivity index (χ0v) is 14.3. The Kier molecular flexibility index (Phi) is 7.73. The first-order valence-electron chi connectivity index (χ1n) is 7.96. The number of carbonyl (C=O) groups excluding carboxylic acids is 1. The lowest BCUT2D eigenvalue weighted by atomic mass is 10.0. The number of hydrogen-bond acceptors (Lipinski definition) is 2. The van der Waals surface area contributed by atoms with E-state index in [9.17, 15) is 4.79 Å². The van der Waals surface area contributed by atoms with Crippen LogP contribution in [-0.2, 0) is 0 Å². The molecule has 0 fully saturated rings. The number of pyridine rings is 1. The molecule has 0 bridgehead atoms. The Balaban J connectivity index is 2.81. The standard InChI is InChI=1S/C17H27ClN2O/c1-5-7-9-14(8-6-2)19-17(21)13-10-15(12(3)4)20-16(18)11-13/h10-12,14H,5-9H2,1-4H3,(H,19,21). The highest BCUT2D eigenvalue weighted by Gasteiger charge is 2.15. The summed E-state index contributed by atoms with van der Waals surface area (Å²) in [6.45, 7) is 8.40. The van der Waals surface area contributed by atoms with Gasteiger partial charge in [-0.05, 0) is 30.9 Å². The predicted octanol–water partition coefficient (Wildman–Crippen LogP) is 4.95. The van der Waals surface area contributed by atoms with Crippen LogP contribution >= 0.6 is 11.6 Å². The largest absolute Gasteiger partial charge is 0.349 e. The number of amides is 1. The highest BCUT2D eigenvalue weighted by Crippen LogP contribution is 2.18. The van der Waals surface area contributed by atoms with E-state index < -0.39 is 0 Å². The Morgan fingerprint density at radius 2 is 1.95 bits per heavy atom. The van der Waals surface area contributed by atoms with Gasteiger partial charge >= 0.3 is 0 Å². The van der Waals surface area contributed by atoms with Gasteiger partial charge in [0.1, 0.15) is 5.15 Å². The first-order chi connectivity index (χ1) is 9.97. The van der Waals surface area contributed by atoms with Crippen molar-refractivity contribution in [1.82, 2.24) is 10.3 Å². The molecular formula is C17H27ClN2O. The van der Waals surface area contributed by atoms with E-state index in [0.717, 1.165) is 37.8 Å². The van der Waals surface area contributed by atoms with Gasteiger partial charge in [0.05, 0.1) is 0 Å². The van der Waals surface area contributed by atoms with Crippen LogP contribution in [0.4, 0.5) is 0 Å². The molecular weight excluding hydrogens is 284 g/mol. The molecule has 1 unspecified atom stereocenters. The van der Waals surface area contributed by atoms with Crippen LogP contribution in [0.1, 0.15) is 81.8 Å². The van der Waals surface area contributed by atoms with Gasteiger partial charge in [0.15, 0.2) is 0 Å². The summed E-state index contributed by atoms with van der Waals surface area (Å²) in [5, 5.41) is 3.52. The topological polar surface area (TPSA) is 42.0 Å². The lowest BCUT2D eigenvalue weighted by Crippen LogP contribution is -2.34. The van der Waals surface area contributed by atoms with Crippen LogP contribution in [0.3, 0.4) is 0 Å². The second kappa shape index (κ2) is 9.04. The molecule has 0 saturated carbocycles. The molecule has 3 nitrogen and oxygen atoms in total. The molecule has 1 amide bonds. The number of hydrogen-bond donors (Lipinski definition) is 1. The summed E-state index contributed by atoms with van der Waals surface area (Å²) in [6, 6.07) is 3.73. The van der Waals surface area contributed by atoms with E-state index in [2.05, 4.69) is 24.1 Å². The van der Waals surface area contributed by atoms with E-state index in [1.54, 1.807) is 6.07 Å². The number of unbranched alkanes of at least 4 members (excludes halogenated alkanes) is 1. The molecule has 1 rings (SSSR count). The molecule has 1 atom stereocenters. The third-order valence-corrected chi connectivity index (χ3v) is 3.74. The zero-order chi connectivity index (χ0) is 15.8. The minimum absolute atomic E-state index is 0.0456. The van der Waals surface area contributed by atoms with Gasteiger partial charge in [-0.3, -0.25) is 4.79 Å². The lowest BCUT2D eigenvalue weighted by molar-refractivity contribution is 0.0932. The van der Waals surface area contributed by atoms with Gasteiger partial charge < -0.3 is 5.32 Å². The summed E-state index contributed by atoms with van der Waals surface area (Å²) in [4.78, 5) is 16.7. The molecule has 21 heavy (non-hydrogen) atoms. The average molecular weight is 311 g/mol. The zero-order valence-electron chi connectivity index (χ0n) is 13.6. The van der Waals surface area contributed by atoms with Crippen LogP contribution < -0.4 is 5.32 Å². The number of aromatic nitrogens is 1. The van der Waals surface area contributed by atoms with Crippen LogP contribution in [0.15, 0.2) is 12.1 Å². The molecule has 0 aliphatic heterocycles. The molecule has 0 aliphatic carbocycles. The quantitative estimate of drug-likeness (QED) is 0.690. The molecule has 118 valence electrons. The number of halogens is 1. The van der Waals surface area contributed by atoms with Crippen LogP contribution in [0.5, 0.6) is 0 Å². The Morgan fingerprint density at radius 1 is 1.24 bits per heavy atom. The molecule has 1 heterocycles. The highest BCUT2D eigenvalue weighted by atomic mass is 35.5. The second-order valence-corrected chi connectivity index (χ2v) is 6.25. The molecule has 0 aliphatic rings. The number of carbonyl (C=O) groups is 1. The van der Waals surface area contributed by atoms with E-state index in [1.165, 1.54) is 0 Å². The van der Waals surface area contributed by atoms with Gasteiger partial charge in [0.2, 0.25) is 0 Å². The van der Waals surface area contributed by atoms with E-state index in [4.69, 9.17) is 11.6 Å². The molecule has 1 aromatic heterocycles. The summed E-state index contributed by atoms with van der Waals surface area (Å²) < 4.78 is 0. The van der Waals surface area contributed by atoms with Crippen molar-refractivity contribution in [3.05, 3.63) is 28.5 Å². The van der Waals surface area contributed by atoms with Crippen molar-refractivity contribution in [3.63, 3.8) is 0 Å². The van der Waals surface area contributed by atoms with Crippen LogP contribution in [0.2, 0.25) is 5.15 Å². The number of nitrogens with one attached hydrogen (secondary N) is 1. The van der Waals surface area contributed by atoms with Crippen molar-refractivity contribution in [2.45, 2.75) is 71.8 Å². The van der Waals surface area contributed by atoms with E-state index in [0.29, 0.717) is 10.7 Å². The maximum Gasteiger partial charge on any atom is 0.251 e. The average Bonchev–Trinajstić information content (AvgIpc) is 2.44. The van der Waals surface area contributed by atoms with Crippen molar-refractivity contribution in [1.29, 1.82) is 0 Å². The van der Waals surface area contributed by atoms with Crippen molar-refractivity contribution in [2.24, 2.45) is 0 Å². The minimum atomic E-state index is -0.0456. The Labute approximate surface area is 133 Å². The Morgan fingerprint density at radius 3 is 2.52 bits per heavy atom. The van der Waals surface area contributed by atoms with Crippen molar-refractivity contribution in [2.75, 3.05) is 0 Å². The van der Waals surface area contributed by atoms with Crippen LogP contribution in [0.25, 0.3) is 0 Å². The lowest BCUT2D eigenvalue weighted by Gasteiger charge is -2.18. The third kappa shape index (κ3) is 6.04. The highest BCUT2D eigenvalue weighted by molar-refractivity contribution is 6.29. The normalized spacial score (nSPS) is 12.5. The smallest absolute Gasteiger partial charge is 0.251 e. The van der Waals surface area contributed by atoms with Crippen molar-refractivity contribution < 1.29 is 4.79 Å². The van der Waals surface area contributed by atoms with Gasteiger partial charge in [0, 0.05) is 17.3 Å². The van der Waals surface area contributed by atoms with Gasteiger partial charge in [-0.1, -0.05) is 58.6 Å². The monoisotopic (exact) mass is 310 g/mol. The number of rotatable bonds is 8. The molecule has 1 N–H and O–H groups in total. The molecule has 4 heteroatoms. The molecule has 0 spiro atoms. The fourth-order valence-electron chi connectivity index (χ4n) is 2.30. The maximum atomic E-state index is 12.4. The van der Waals surface area contributed by atoms with Gasteiger partial charge in [0.25, 0.3) is 5.91 Å². The summed E-state index contributed by atoms with van der Waals surface area (Å²) in [7, 11) is 0. The molecule has 0 saturated heterocycles. The molecule has 1 aromatic rings. The predicted molar refractivity (Wildman–Crippen MR) is 89.0 cm³/mol. The summed E-state index contributed by atoms with van der Waals surface area (Å²) in [5.41, 5.74) is 1.46. The fourth-order valence-corrected chi connectivity index (χ4v) is 2.52. The number of nitrogens with zero attached hydrogens (tertiary/aromatic N) is 1. The SMILES string of the molecule is CCCCC(CCC)NC(=O)c1cc(Cl)nc(C(C)C)c1. The maximum absolute atomic E-state index is 12.4. The van der Waals surface area contributed by atoms with E-state index in [1.807, 2.05) is 19.9 Å². The van der Waals surface area contributed by atoms with Gasteiger partial charge in [-0.15, -0.1) is 0 Å². The van der Waals surface area contributed by atoms with Crippen molar-refractivity contribution in [3.8, 4) is 0 Å². The summed E-state index contributed by atoms with van der Waals surface area (Å²) >= 11 is 6.03. The first-order valence-corrected chi connectivity index (χ1v) is 8.34. The van der Waals surface area contributed by atoms with Crippen LogP contribution in [0, 0.1) is 0 Å². The van der Waals surface area contributed by atoms with Crippen molar-refractivity contribution >= 4 is 17.5 Å².